The molecule has 0 bridgehead atoms. The van der Waals surface area contributed by atoms with Gasteiger partial charge in [0, 0.05) is 18.8 Å². The van der Waals surface area contributed by atoms with E-state index in [2.05, 4.69) is 15.6 Å². The first-order chi connectivity index (χ1) is 16.3. The number of aromatic nitrogens is 1. The van der Waals surface area contributed by atoms with Crippen LogP contribution in [0.4, 0.5) is 18.9 Å². The Morgan fingerprint density at radius 2 is 1.76 bits per heavy atom. The number of hydrogen-bond acceptors (Lipinski definition) is 4. The zero-order valence-electron chi connectivity index (χ0n) is 17.6. The summed E-state index contributed by atoms with van der Waals surface area (Å²) in [4.78, 5) is 27.6. The van der Waals surface area contributed by atoms with Crippen LogP contribution in [0.15, 0.2) is 78.7 Å². The van der Waals surface area contributed by atoms with Gasteiger partial charge in [0.15, 0.2) is 11.5 Å². The molecule has 0 aliphatic carbocycles. The predicted octanol–water partition coefficient (Wildman–Crippen LogP) is 4.80. The van der Waals surface area contributed by atoms with Crippen molar-refractivity contribution in [2.45, 2.75) is 12.7 Å². The van der Waals surface area contributed by atoms with Gasteiger partial charge in [0.05, 0.1) is 5.69 Å². The SMILES string of the molecule is O=C(/C=C/c1ccc(/C=C2\Oc3ccccc3NC2=O)cc1)NCc1ccc(C(F)(F)F)nc1. The van der Waals surface area contributed by atoms with E-state index in [-0.39, 0.29) is 18.2 Å². The molecule has 4 rings (SSSR count). The summed E-state index contributed by atoms with van der Waals surface area (Å²) in [5, 5.41) is 5.35. The Kier molecular flexibility index (Phi) is 6.44. The third-order valence-corrected chi connectivity index (χ3v) is 4.82. The van der Waals surface area contributed by atoms with Gasteiger partial charge in [-0.05, 0) is 47.0 Å². The first kappa shape index (κ1) is 22.8. The van der Waals surface area contributed by atoms with Crippen LogP contribution < -0.4 is 15.4 Å². The number of nitrogens with zero attached hydrogens (tertiary/aromatic N) is 1. The van der Waals surface area contributed by atoms with E-state index in [0.29, 0.717) is 17.0 Å². The van der Waals surface area contributed by atoms with E-state index in [0.717, 1.165) is 23.4 Å². The number of alkyl halides is 3. The molecule has 0 unspecified atom stereocenters. The summed E-state index contributed by atoms with van der Waals surface area (Å²) in [5.74, 6) is -0.0234. The standard InChI is InChI=1S/C25H18F3N3O3/c26-25(27,28)22-11-9-18(14-29-22)15-30-23(32)12-10-16-5-7-17(8-6-16)13-21-24(33)31-19-3-1-2-4-20(19)34-21/h1-14H,15H2,(H,30,32)(H,31,33)/b12-10+,21-13-. The van der Waals surface area contributed by atoms with Gasteiger partial charge < -0.3 is 15.4 Å². The van der Waals surface area contributed by atoms with Gasteiger partial charge in [-0.3, -0.25) is 14.6 Å². The van der Waals surface area contributed by atoms with E-state index in [9.17, 15) is 22.8 Å². The number of para-hydroxylation sites is 2. The van der Waals surface area contributed by atoms with Crippen LogP contribution in [0.2, 0.25) is 0 Å². The highest BCUT2D eigenvalue weighted by atomic mass is 19.4. The number of carbonyl (C=O) groups is 2. The molecular weight excluding hydrogens is 447 g/mol. The number of pyridine rings is 1. The molecule has 172 valence electrons. The highest BCUT2D eigenvalue weighted by Gasteiger charge is 2.32. The average molecular weight is 465 g/mol. The van der Waals surface area contributed by atoms with E-state index in [1.807, 2.05) is 6.07 Å². The first-order valence-corrected chi connectivity index (χ1v) is 10.2. The lowest BCUT2D eigenvalue weighted by molar-refractivity contribution is -0.141. The average Bonchev–Trinajstić information content (AvgIpc) is 2.82. The lowest BCUT2D eigenvalue weighted by Gasteiger charge is -2.19. The van der Waals surface area contributed by atoms with Gasteiger partial charge in [-0.25, -0.2) is 0 Å². The van der Waals surface area contributed by atoms with Crippen molar-refractivity contribution >= 4 is 29.7 Å². The van der Waals surface area contributed by atoms with Gasteiger partial charge in [0.1, 0.15) is 5.69 Å². The van der Waals surface area contributed by atoms with Gasteiger partial charge >= 0.3 is 6.18 Å². The third-order valence-electron chi connectivity index (χ3n) is 4.82. The smallest absolute Gasteiger partial charge is 0.433 e. The Labute approximate surface area is 192 Å². The fourth-order valence-electron chi connectivity index (χ4n) is 3.07. The van der Waals surface area contributed by atoms with E-state index < -0.39 is 17.8 Å². The van der Waals surface area contributed by atoms with Gasteiger partial charge in [0.25, 0.3) is 5.91 Å². The number of nitrogens with one attached hydrogen (secondary N) is 2. The van der Waals surface area contributed by atoms with Crippen LogP contribution in [0.25, 0.3) is 12.2 Å². The molecule has 2 aromatic carbocycles. The van der Waals surface area contributed by atoms with Crippen LogP contribution in [0.1, 0.15) is 22.4 Å². The molecule has 1 aromatic heterocycles. The molecule has 0 saturated carbocycles. The highest BCUT2D eigenvalue weighted by molar-refractivity contribution is 6.08. The van der Waals surface area contributed by atoms with Crippen molar-refractivity contribution in [2.75, 3.05) is 5.32 Å². The summed E-state index contributed by atoms with van der Waals surface area (Å²) < 4.78 is 43.3. The molecule has 0 fully saturated rings. The van der Waals surface area contributed by atoms with Crippen LogP contribution in [0, 0.1) is 0 Å². The normalized spacial score (nSPS) is 14.4. The van der Waals surface area contributed by atoms with Crippen molar-refractivity contribution in [1.82, 2.24) is 10.3 Å². The second-order valence-electron chi connectivity index (χ2n) is 7.33. The van der Waals surface area contributed by atoms with Gasteiger partial charge in [0.2, 0.25) is 5.91 Å². The summed E-state index contributed by atoms with van der Waals surface area (Å²) >= 11 is 0. The maximum absolute atomic E-state index is 12.5. The molecule has 2 heterocycles. The lowest BCUT2D eigenvalue weighted by Crippen LogP contribution is -2.23. The molecule has 34 heavy (non-hydrogen) atoms. The van der Waals surface area contributed by atoms with Gasteiger partial charge in [-0.1, -0.05) is 42.5 Å². The summed E-state index contributed by atoms with van der Waals surface area (Å²) in [6, 6.07) is 16.3. The number of benzene rings is 2. The van der Waals surface area contributed by atoms with Crippen LogP contribution in [0.5, 0.6) is 5.75 Å². The predicted molar refractivity (Wildman–Crippen MR) is 120 cm³/mol. The Hall–Kier alpha value is -4.40. The minimum atomic E-state index is -4.50. The Morgan fingerprint density at radius 3 is 2.47 bits per heavy atom. The van der Waals surface area contributed by atoms with Crippen molar-refractivity contribution in [3.63, 3.8) is 0 Å². The van der Waals surface area contributed by atoms with Crippen molar-refractivity contribution in [2.24, 2.45) is 0 Å². The molecule has 6 nitrogen and oxygen atoms in total. The van der Waals surface area contributed by atoms with Crippen LogP contribution in [-0.2, 0) is 22.3 Å². The number of ether oxygens (including phenoxy) is 1. The molecule has 1 aliphatic heterocycles. The molecule has 0 radical (unpaired) electrons. The molecule has 9 heteroatoms. The maximum atomic E-state index is 12.5. The van der Waals surface area contributed by atoms with Gasteiger partial charge in [-0.2, -0.15) is 13.2 Å². The maximum Gasteiger partial charge on any atom is 0.433 e. The quantitative estimate of drug-likeness (QED) is 0.531. The molecule has 0 atom stereocenters. The minimum Gasteiger partial charge on any atom is -0.449 e. The largest absolute Gasteiger partial charge is 0.449 e. The number of amides is 2. The van der Waals surface area contributed by atoms with E-state index in [1.54, 1.807) is 54.6 Å². The minimum absolute atomic E-state index is 0.0476. The summed E-state index contributed by atoms with van der Waals surface area (Å²) in [6.07, 6.45) is 1.10. The molecule has 1 aliphatic rings. The Morgan fingerprint density at radius 1 is 1.03 bits per heavy atom. The lowest BCUT2D eigenvalue weighted by atomic mass is 10.1. The number of anilines is 1. The molecule has 3 aromatic rings. The fraction of sp³-hybridized carbons (Fsp3) is 0.0800. The van der Waals surface area contributed by atoms with Crippen LogP contribution in [-0.4, -0.2) is 16.8 Å². The molecule has 0 saturated heterocycles. The summed E-state index contributed by atoms with van der Waals surface area (Å²) in [5.41, 5.74) is 1.55. The van der Waals surface area contributed by atoms with Crippen molar-refractivity contribution in [1.29, 1.82) is 0 Å². The first-order valence-electron chi connectivity index (χ1n) is 10.2. The van der Waals surface area contributed by atoms with Crippen molar-refractivity contribution < 1.29 is 27.5 Å². The third kappa shape index (κ3) is 5.69. The van der Waals surface area contributed by atoms with E-state index in [1.165, 1.54) is 12.1 Å². The topological polar surface area (TPSA) is 80.3 Å². The number of carbonyl (C=O) groups excluding carboxylic acids is 2. The number of hydrogen-bond donors (Lipinski definition) is 2. The zero-order valence-corrected chi connectivity index (χ0v) is 17.6. The van der Waals surface area contributed by atoms with Crippen molar-refractivity contribution in [3.8, 4) is 5.75 Å². The van der Waals surface area contributed by atoms with E-state index in [4.69, 9.17) is 4.74 Å². The number of fused-ring (bicyclic) bond motifs is 1. The van der Waals surface area contributed by atoms with E-state index >= 15 is 0 Å². The molecule has 2 N–H and O–H groups in total. The molecule has 0 spiro atoms. The Balaban J connectivity index is 1.32. The highest BCUT2D eigenvalue weighted by Crippen LogP contribution is 2.31. The fourth-order valence-corrected chi connectivity index (χ4v) is 3.07. The number of halogens is 3. The zero-order chi connectivity index (χ0) is 24.1. The molecule has 2 amide bonds. The Bertz CT molecular complexity index is 1270. The second-order valence-corrected chi connectivity index (χ2v) is 7.33. The summed E-state index contributed by atoms with van der Waals surface area (Å²) in [6.45, 7) is 0.0476. The van der Waals surface area contributed by atoms with Crippen LogP contribution >= 0.6 is 0 Å². The van der Waals surface area contributed by atoms with Crippen LogP contribution in [0.3, 0.4) is 0 Å². The van der Waals surface area contributed by atoms with Crippen molar-refractivity contribution in [3.05, 3.63) is 101 Å². The van der Waals surface area contributed by atoms with Gasteiger partial charge in [-0.15, -0.1) is 0 Å². The monoisotopic (exact) mass is 465 g/mol. The molecular formula is C25H18F3N3O3. The summed E-state index contributed by atoms with van der Waals surface area (Å²) in [7, 11) is 0. The second kappa shape index (κ2) is 9.62. The number of rotatable bonds is 5.